The topological polar surface area (TPSA) is 101 Å². The number of nitro groups is 1. The van der Waals surface area contributed by atoms with E-state index in [1.807, 2.05) is 47.4 Å². The van der Waals surface area contributed by atoms with Gasteiger partial charge in [0.15, 0.2) is 0 Å². The van der Waals surface area contributed by atoms with Crippen molar-refractivity contribution >= 4 is 28.9 Å². The fraction of sp³-hybridized carbons (Fsp3) is 0.238. The van der Waals surface area contributed by atoms with Crippen molar-refractivity contribution in [2.75, 3.05) is 36.8 Å². The fourth-order valence-electron chi connectivity index (χ4n) is 3.88. The van der Waals surface area contributed by atoms with Gasteiger partial charge in [0, 0.05) is 31.2 Å². The largest absolute Gasteiger partial charge is 0.378 e. The Hall–Kier alpha value is -3.23. The first-order valence-corrected chi connectivity index (χ1v) is 9.96. The standard InChI is InChI=1S/C21H21ClN6O2/c22-17-8-6-16(7-9-17)18(15-4-2-1-3-5-15)26-10-12-27(13-11-26)21-19(28(29)30)20(23)24-14-25-21/h1-9,14,18H,10-13H2,(H2,23,24,25)/t18-/m0/s1. The summed E-state index contributed by atoms with van der Waals surface area (Å²) in [6.45, 7) is 2.61. The van der Waals surface area contributed by atoms with Gasteiger partial charge in [-0.25, -0.2) is 9.97 Å². The van der Waals surface area contributed by atoms with Gasteiger partial charge < -0.3 is 10.6 Å². The van der Waals surface area contributed by atoms with Crippen molar-refractivity contribution < 1.29 is 4.92 Å². The van der Waals surface area contributed by atoms with E-state index in [9.17, 15) is 10.1 Å². The molecule has 0 saturated carbocycles. The van der Waals surface area contributed by atoms with E-state index in [2.05, 4.69) is 27.0 Å². The zero-order chi connectivity index (χ0) is 21.1. The number of aromatic nitrogens is 2. The SMILES string of the molecule is Nc1ncnc(N2CCN([C@@H](c3ccccc3)c3ccc(Cl)cc3)CC2)c1[N+](=O)[O-]. The van der Waals surface area contributed by atoms with Crippen molar-refractivity contribution in [1.82, 2.24) is 14.9 Å². The molecule has 8 nitrogen and oxygen atoms in total. The number of rotatable bonds is 5. The predicted molar refractivity (Wildman–Crippen MR) is 117 cm³/mol. The maximum Gasteiger partial charge on any atom is 0.353 e. The first kappa shape index (κ1) is 20.1. The van der Waals surface area contributed by atoms with Gasteiger partial charge in [-0.2, -0.15) is 0 Å². The first-order valence-electron chi connectivity index (χ1n) is 9.59. The van der Waals surface area contributed by atoms with Crippen LogP contribution in [0.5, 0.6) is 0 Å². The van der Waals surface area contributed by atoms with E-state index in [1.54, 1.807) is 0 Å². The number of nitrogen functional groups attached to an aromatic ring is 1. The molecule has 0 radical (unpaired) electrons. The van der Waals surface area contributed by atoms with Crippen LogP contribution in [0.15, 0.2) is 60.9 Å². The Labute approximate surface area is 179 Å². The highest BCUT2D eigenvalue weighted by molar-refractivity contribution is 6.30. The van der Waals surface area contributed by atoms with Crippen LogP contribution in [0.1, 0.15) is 17.2 Å². The molecule has 2 N–H and O–H groups in total. The second-order valence-corrected chi connectivity index (χ2v) is 7.51. The van der Waals surface area contributed by atoms with Crippen molar-refractivity contribution in [2.24, 2.45) is 0 Å². The van der Waals surface area contributed by atoms with E-state index >= 15 is 0 Å². The summed E-state index contributed by atoms with van der Waals surface area (Å²) in [5.41, 5.74) is 7.83. The minimum absolute atomic E-state index is 0.0658. The molecule has 1 saturated heterocycles. The Morgan fingerprint density at radius 3 is 2.23 bits per heavy atom. The number of halogens is 1. The van der Waals surface area contributed by atoms with Crippen LogP contribution < -0.4 is 10.6 Å². The van der Waals surface area contributed by atoms with Crippen LogP contribution >= 0.6 is 11.6 Å². The molecule has 1 aliphatic rings. The van der Waals surface area contributed by atoms with E-state index in [0.29, 0.717) is 31.2 Å². The lowest BCUT2D eigenvalue weighted by atomic mass is 9.96. The van der Waals surface area contributed by atoms with Crippen LogP contribution in [0.3, 0.4) is 0 Å². The van der Waals surface area contributed by atoms with Crippen molar-refractivity contribution in [3.05, 3.63) is 87.2 Å². The third kappa shape index (κ3) is 4.05. The normalized spacial score (nSPS) is 15.7. The molecular weight excluding hydrogens is 404 g/mol. The summed E-state index contributed by atoms with van der Waals surface area (Å²) in [7, 11) is 0. The minimum atomic E-state index is -0.516. The molecule has 154 valence electrons. The number of benzene rings is 2. The van der Waals surface area contributed by atoms with Crippen LogP contribution in [0.25, 0.3) is 0 Å². The van der Waals surface area contributed by atoms with Gasteiger partial charge in [0.25, 0.3) is 0 Å². The zero-order valence-corrected chi connectivity index (χ0v) is 16.9. The molecule has 0 amide bonds. The number of piperazine rings is 1. The number of hydrogen-bond donors (Lipinski definition) is 1. The highest BCUT2D eigenvalue weighted by Crippen LogP contribution is 2.33. The summed E-state index contributed by atoms with van der Waals surface area (Å²) in [6.07, 6.45) is 1.27. The lowest BCUT2D eigenvalue weighted by molar-refractivity contribution is -0.383. The Kier molecular flexibility index (Phi) is 5.78. The Bertz CT molecular complexity index is 1020. The van der Waals surface area contributed by atoms with E-state index < -0.39 is 4.92 Å². The lowest BCUT2D eigenvalue weighted by Crippen LogP contribution is -2.48. The maximum atomic E-state index is 11.5. The molecule has 0 aliphatic carbocycles. The van der Waals surface area contributed by atoms with Gasteiger partial charge in [0.1, 0.15) is 6.33 Å². The third-order valence-corrected chi connectivity index (χ3v) is 5.55. The summed E-state index contributed by atoms with van der Waals surface area (Å²) in [5, 5.41) is 12.2. The Morgan fingerprint density at radius 2 is 1.60 bits per heavy atom. The fourth-order valence-corrected chi connectivity index (χ4v) is 4.00. The van der Waals surface area contributed by atoms with Crippen molar-refractivity contribution in [3.8, 4) is 0 Å². The van der Waals surface area contributed by atoms with Gasteiger partial charge in [-0.3, -0.25) is 15.0 Å². The molecule has 0 bridgehead atoms. The summed E-state index contributed by atoms with van der Waals surface area (Å²) in [5.74, 6) is 0.158. The number of nitrogens with two attached hydrogens (primary N) is 1. The molecule has 30 heavy (non-hydrogen) atoms. The summed E-state index contributed by atoms with van der Waals surface area (Å²) >= 11 is 6.09. The highest BCUT2D eigenvalue weighted by Gasteiger charge is 2.31. The molecule has 0 unspecified atom stereocenters. The molecule has 1 atom stereocenters. The molecule has 2 heterocycles. The van der Waals surface area contributed by atoms with Crippen LogP contribution in [0.4, 0.5) is 17.3 Å². The van der Waals surface area contributed by atoms with Crippen LogP contribution in [0.2, 0.25) is 5.02 Å². The van der Waals surface area contributed by atoms with Crippen molar-refractivity contribution in [2.45, 2.75) is 6.04 Å². The Morgan fingerprint density at radius 1 is 0.967 bits per heavy atom. The molecule has 1 aliphatic heterocycles. The second-order valence-electron chi connectivity index (χ2n) is 7.08. The van der Waals surface area contributed by atoms with Gasteiger partial charge in [-0.05, 0) is 23.3 Å². The predicted octanol–water partition coefficient (Wildman–Crippen LogP) is 3.53. The smallest absolute Gasteiger partial charge is 0.353 e. The van der Waals surface area contributed by atoms with Crippen LogP contribution in [0, 0.1) is 10.1 Å². The number of anilines is 2. The van der Waals surface area contributed by atoms with Gasteiger partial charge in [0.2, 0.25) is 11.6 Å². The summed E-state index contributed by atoms with van der Waals surface area (Å²) in [6, 6.07) is 18.2. The number of nitrogens with zero attached hydrogens (tertiary/aromatic N) is 5. The summed E-state index contributed by atoms with van der Waals surface area (Å²) < 4.78 is 0. The van der Waals surface area contributed by atoms with Gasteiger partial charge in [-0.1, -0.05) is 54.1 Å². The average molecular weight is 425 g/mol. The summed E-state index contributed by atoms with van der Waals surface area (Å²) in [4.78, 5) is 23.1. The average Bonchev–Trinajstić information content (AvgIpc) is 2.76. The molecular formula is C21H21ClN6O2. The minimum Gasteiger partial charge on any atom is -0.378 e. The van der Waals surface area contributed by atoms with Crippen molar-refractivity contribution in [1.29, 1.82) is 0 Å². The maximum absolute atomic E-state index is 11.5. The van der Waals surface area contributed by atoms with Gasteiger partial charge in [-0.15, -0.1) is 0 Å². The highest BCUT2D eigenvalue weighted by atomic mass is 35.5. The van der Waals surface area contributed by atoms with Crippen LogP contribution in [-0.2, 0) is 0 Å². The van der Waals surface area contributed by atoms with E-state index in [4.69, 9.17) is 17.3 Å². The molecule has 9 heteroatoms. The van der Waals surface area contributed by atoms with Crippen LogP contribution in [-0.4, -0.2) is 46.0 Å². The van der Waals surface area contributed by atoms with E-state index in [0.717, 1.165) is 5.56 Å². The van der Waals surface area contributed by atoms with E-state index in [-0.39, 0.29) is 23.4 Å². The Balaban J connectivity index is 1.59. The second kappa shape index (κ2) is 8.64. The van der Waals surface area contributed by atoms with Gasteiger partial charge >= 0.3 is 5.69 Å². The molecule has 0 spiro atoms. The molecule has 1 fully saturated rings. The molecule has 3 aromatic rings. The number of hydrogen-bond acceptors (Lipinski definition) is 7. The first-order chi connectivity index (χ1) is 14.5. The molecule has 1 aromatic heterocycles. The quantitative estimate of drug-likeness (QED) is 0.493. The zero-order valence-electron chi connectivity index (χ0n) is 16.2. The van der Waals surface area contributed by atoms with E-state index in [1.165, 1.54) is 11.9 Å². The molecule has 2 aromatic carbocycles. The van der Waals surface area contributed by atoms with Crippen molar-refractivity contribution in [3.63, 3.8) is 0 Å². The molecule has 4 rings (SSSR count). The van der Waals surface area contributed by atoms with Gasteiger partial charge in [0.05, 0.1) is 11.0 Å². The monoisotopic (exact) mass is 424 g/mol. The lowest BCUT2D eigenvalue weighted by Gasteiger charge is -2.40. The third-order valence-electron chi connectivity index (χ3n) is 5.29.